The number of nitrogens with zero attached hydrogens (tertiary/aromatic N) is 1. The van der Waals surface area contributed by atoms with Crippen LogP contribution in [-0.4, -0.2) is 25.0 Å². The molecule has 1 N–H and O–H groups in total. The van der Waals surface area contributed by atoms with Crippen LogP contribution in [0.25, 0.3) is 0 Å². The first-order chi connectivity index (χ1) is 9.50. The Hall–Kier alpha value is -1.84. The molecule has 2 rings (SSSR count). The number of Topliss-reactive ketones (excluding diaryl/α,β-unsaturated/α-hetero) is 1. The molecular formula is C16H16ClNO2. The minimum absolute atomic E-state index is 0.327. The van der Waals surface area contributed by atoms with Crippen molar-refractivity contribution < 1.29 is 9.90 Å². The van der Waals surface area contributed by atoms with Gasteiger partial charge >= 0.3 is 0 Å². The fraction of sp³-hybridized carbons (Fsp3) is 0.188. The third-order valence-electron chi connectivity index (χ3n) is 3.10. The molecule has 0 fully saturated rings. The van der Waals surface area contributed by atoms with Crippen LogP contribution < -0.4 is 4.90 Å². The molecule has 0 amide bonds. The highest BCUT2D eigenvalue weighted by Crippen LogP contribution is 2.27. The van der Waals surface area contributed by atoms with Crippen molar-refractivity contribution in [2.75, 3.05) is 19.0 Å². The van der Waals surface area contributed by atoms with E-state index in [2.05, 4.69) is 0 Å². The zero-order chi connectivity index (χ0) is 14.7. The number of carbonyl (C=O) groups excluding carboxylic acids is 1. The summed E-state index contributed by atoms with van der Waals surface area (Å²) < 4.78 is 0. The van der Waals surface area contributed by atoms with Gasteiger partial charge in [0, 0.05) is 25.3 Å². The maximum absolute atomic E-state index is 12.3. The average Bonchev–Trinajstić information content (AvgIpc) is 2.46. The van der Waals surface area contributed by atoms with Crippen LogP contribution in [0.5, 0.6) is 0 Å². The molecule has 104 valence electrons. The predicted octanol–water partition coefficient (Wildman–Crippen LogP) is 3.32. The van der Waals surface area contributed by atoms with E-state index in [9.17, 15) is 9.90 Å². The Morgan fingerprint density at radius 1 is 1.15 bits per heavy atom. The van der Waals surface area contributed by atoms with E-state index in [1.807, 2.05) is 25.1 Å². The fourth-order valence-electron chi connectivity index (χ4n) is 1.92. The maximum Gasteiger partial charge on any atom is 0.197 e. The zero-order valence-corrected chi connectivity index (χ0v) is 12.1. The number of aliphatic hydroxyl groups is 1. The molecule has 3 nitrogen and oxygen atoms in total. The van der Waals surface area contributed by atoms with Crippen LogP contribution in [0.4, 0.5) is 5.69 Å². The minimum atomic E-state index is -1.20. The van der Waals surface area contributed by atoms with Gasteiger partial charge < -0.3 is 10.0 Å². The van der Waals surface area contributed by atoms with Gasteiger partial charge in [-0.05, 0) is 23.8 Å². The Morgan fingerprint density at radius 3 is 2.35 bits per heavy atom. The minimum Gasteiger partial charge on any atom is -0.380 e. The monoisotopic (exact) mass is 289 g/mol. The highest BCUT2D eigenvalue weighted by molar-refractivity contribution is 6.34. The van der Waals surface area contributed by atoms with Gasteiger partial charge in [-0.2, -0.15) is 0 Å². The lowest BCUT2D eigenvalue weighted by atomic mass is 10.00. The third-order valence-corrected chi connectivity index (χ3v) is 3.41. The number of benzene rings is 2. The summed E-state index contributed by atoms with van der Waals surface area (Å²) in [7, 11) is 3.79. The molecule has 0 spiro atoms. The molecule has 0 saturated carbocycles. The van der Waals surface area contributed by atoms with E-state index in [-0.39, 0.29) is 0 Å². The van der Waals surface area contributed by atoms with E-state index in [4.69, 9.17) is 11.6 Å². The second-order valence-corrected chi connectivity index (χ2v) is 5.14. The summed E-state index contributed by atoms with van der Waals surface area (Å²) in [4.78, 5) is 14.2. The normalized spacial score (nSPS) is 12.0. The summed E-state index contributed by atoms with van der Waals surface area (Å²) in [5, 5.41) is 10.5. The number of aliphatic hydroxyl groups excluding tert-OH is 1. The van der Waals surface area contributed by atoms with Gasteiger partial charge in [0.05, 0.1) is 5.02 Å². The van der Waals surface area contributed by atoms with E-state index in [1.54, 1.807) is 42.5 Å². The molecule has 0 aliphatic heterocycles. The van der Waals surface area contributed by atoms with Crippen LogP contribution in [-0.2, 0) is 0 Å². The van der Waals surface area contributed by atoms with Crippen LogP contribution in [0.15, 0.2) is 48.5 Å². The number of ketones is 1. The van der Waals surface area contributed by atoms with Gasteiger partial charge in [-0.3, -0.25) is 4.79 Å². The van der Waals surface area contributed by atoms with Crippen molar-refractivity contribution in [1.29, 1.82) is 0 Å². The zero-order valence-electron chi connectivity index (χ0n) is 11.4. The molecule has 0 radical (unpaired) electrons. The Bertz CT molecular complexity index is 611. The van der Waals surface area contributed by atoms with E-state index < -0.39 is 11.9 Å². The summed E-state index contributed by atoms with van der Waals surface area (Å²) >= 11 is 6.14. The molecular weight excluding hydrogens is 274 g/mol. The van der Waals surface area contributed by atoms with E-state index in [0.717, 1.165) is 5.69 Å². The van der Waals surface area contributed by atoms with Crippen molar-refractivity contribution >= 4 is 23.1 Å². The molecule has 2 aromatic rings. The van der Waals surface area contributed by atoms with Crippen LogP contribution in [0.1, 0.15) is 22.0 Å². The maximum atomic E-state index is 12.3. The first-order valence-electron chi connectivity index (χ1n) is 6.25. The van der Waals surface area contributed by atoms with Crippen molar-refractivity contribution in [3.8, 4) is 0 Å². The Kier molecular flexibility index (Phi) is 4.42. The highest BCUT2D eigenvalue weighted by Gasteiger charge is 2.21. The second kappa shape index (κ2) is 6.07. The van der Waals surface area contributed by atoms with Crippen LogP contribution in [0.2, 0.25) is 5.02 Å². The molecule has 1 unspecified atom stereocenters. The second-order valence-electron chi connectivity index (χ2n) is 4.74. The number of rotatable bonds is 4. The lowest BCUT2D eigenvalue weighted by Gasteiger charge is -2.15. The predicted molar refractivity (Wildman–Crippen MR) is 81.5 cm³/mol. The van der Waals surface area contributed by atoms with Crippen molar-refractivity contribution in [3.63, 3.8) is 0 Å². The van der Waals surface area contributed by atoms with E-state index >= 15 is 0 Å². The van der Waals surface area contributed by atoms with Crippen LogP contribution >= 0.6 is 11.6 Å². The molecule has 0 aliphatic carbocycles. The summed E-state index contributed by atoms with van der Waals surface area (Å²) in [6.07, 6.45) is -1.20. The van der Waals surface area contributed by atoms with Crippen molar-refractivity contribution in [2.45, 2.75) is 6.10 Å². The lowest BCUT2D eigenvalue weighted by Crippen LogP contribution is -2.14. The van der Waals surface area contributed by atoms with Crippen molar-refractivity contribution in [3.05, 3.63) is 64.7 Å². The topological polar surface area (TPSA) is 40.5 Å². The number of hydrogen-bond acceptors (Lipinski definition) is 3. The summed E-state index contributed by atoms with van der Waals surface area (Å²) in [6.45, 7) is 0. The molecule has 0 bridgehead atoms. The third kappa shape index (κ3) is 3.00. The average molecular weight is 290 g/mol. The number of carbonyl (C=O) groups is 1. The largest absolute Gasteiger partial charge is 0.380 e. The Balaban J connectivity index is 2.30. The molecule has 1 atom stereocenters. The smallest absolute Gasteiger partial charge is 0.197 e. The Morgan fingerprint density at radius 2 is 1.80 bits per heavy atom. The van der Waals surface area contributed by atoms with E-state index in [1.165, 1.54) is 0 Å². The molecule has 4 heteroatoms. The van der Waals surface area contributed by atoms with Crippen molar-refractivity contribution in [2.24, 2.45) is 0 Å². The first kappa shape index (κ1) is 14.6. The van der Waals surface area contributed by atoms with Gasteiger partial charge in [0.2, 0.25) is 0 Å². The SMILES string of the molecule is CN(C)c1ccc(C(=O)C(O)c2ccccc2)c(Cl)c1. The first-order valence-corrected chi connectivity index (χ1v) is 6.62. The number of halogens is 1. The quantitative estimate of drug-likeness (QED) is 0.878. The van der Waals surface area contributed by atoms with Gasteiger partial charge in [-0.15, -0.1) is 0 Å². The fourth-order valence-corrected chi connectivity index (χ4v) is 2.18. The number of hydrogen-bond donors (Lipinski definition) is 1. The van der Waals surface area contributed by atoms with Gasteiger partial charge in [0.15, 0.2) is 5.78 Å². The van der Waals surface area contributed by atoms with Gasteiger partial charge in [-0.25, -0.2) is 0 Å². The summed E-state index contributed by atoms with van der Waals surface area (Å²) in [5.74, 6) is -0.397. The number of anilines is 1. The standard InChI is InChI=1S/C16H16ClNO2/c1-18(2)12-8-9-13(14(17)10-12)16(20)15(19)11-6-4-3-5-7-11/h3-10,15,19H,1-2H3. The highest BCUT2D eigenvalue weighted by atomic mass is 35.5. The lowest BCUT2D eigenvalue weighted by molar-refractivity contribution is 0.0747. The molecule has 2 aromatic carbocycles. The van der Waals surface area contributed by atoms with E-state index in [0.29, 0.717) is 16.1 Å². The molecule has 0 heterocycles. The molecule has 0 aliphatic rings. The Labute approximate surface area is 123 Å². The molecule has 0 saturated heterocycles. The molecule has 20 heavy (non-hydrogen) atoms. The van der Waals surface area contributed by atoms with Crippen LogP contribution in [0, 0.1) is 0 Å². The van der Waals surface area contributed by atoms with Crippen molar-refractivity contribution in [1.82, 2.24) is 0 Å². The van der Waals surface area contributed by atoms with Gasteiger partial charge in [0.1, 0.15) is 6.10 Å². The van der Waals surface area contributed by atoms with Gasteiger partial charge in [0.25, 0.3) is 0 Å². The summed E-state index contributed by atoms with van der Waals surface area (Å²) in [5.41, 5.74) is 1.79. The van der Waals surface area contributed by atoms with Gasteiger partial charge in [-0.1, -0.05) is 41.9 Å². The summed E-state index contributed by atoms with van der Waals surface area (Å²) in [6, 6.07) is 14.0. The van der Waals surface area contributed by atoms with Crippen LogP contribution in [0.3, 0.4) is 0 Å². The molecule has 0 aromatic heterocycles.